The molecule has 2 atom stereocenters. The Balaban J connectivity index is 1.42. The second-order valence-corrected chi connectivity index (χ2v) is 8.31. The molecular formula is C24H29N3O4. The summed E-state index contributed by atoms with van der Waals surface area (Å²) in [6.07, 6.45) is 2.06. The van der Waals surface area contributed by atoms with Crippen molar-refractivity contribution in [3.63, 3.8) is 0 Å². The zero-order chi connectivity index (χ0) is 21.8. The van der Waals surface area contributed by atoms with Gasteiger partial charge in [-0.3, -0.25) is 4.79 Å². The van der Waals surface area contributed by atoms with Crippen LogP contribution in [0.15, 0.2) is 42.5 Å². The number of rotatable bonds is 2. The molecule has 164 valence electrons. The van der Waals surface area contributed by atoms with Crippen LogP contribution in [0.2, 0.25) is 0 Å². The van der Waals surface area contributed by atoms with Crippen molar-refractivity contribution in [2.24, 2.45) is 11.8 Å². The minimum Gasteiger partial charge on any atom is -0.497 e. The highest BCUT2D eigenvalue weighted by Gasteiger charge is 2.33. The highest BCUT2D eigenvalue weighted by molar-refractivity contribution is 5.93. The Labute approximate surface area is 182 Å². The predicted octanol–water partition coefficient (Wildman–Crippen LogP) is 4.28. The van der Waals surface area contributed by atoms with Crippen molar-refractivity contribution in [3.8, 4) is 11.5 Å². The topological polar surface area (TPSA) is 79.9 Å². The Hall–Kier alpha value is -3.22. The molecule has 3 amide bonds. The quantitative estimate of drug-likeness (QED) is 0.755. The number of carbonyl (C=O) groups excluding carboxylic acids is 2. The summed E-state index contributed by atoms with van der Waals surface area (Å²) in [7, 11) is 1.60. The Morgan fingerprint density at radius 2 is 2.06 bits per heavy atom. The lowest BCUT2D eigenvalue weighted by atomic mass is 9.81. The van der Waals surface area contributed by atoms with Crippen LogP contribution < -0.4 is 20.1 Å². The van der Waals surface area contributed by atoms with Gasteiger partial charge in [0, 0.05) is 31.3 Å². The zero-order valence-corrected chi connectivity index (χ0v) is 18.0. The van der Waals surface area contributed by atoms with Crippen LogP contribution in [0.4, 0.5) is 16.2 Å². The van der Waals surface area contributed by atoms with E-state index < -0.39 is 0 Å². The number of nitrogens with one attached hydrogen (secondary N) is 2. The first-order valence-corrected chi connectivity index (χ1v) is 10.7. The van der Waals surface area contributed by atoms with Crippen molar-refractivity contribution in [1.82, 2.24) is 4.90 Å². The number of benzene rings is 2. The van der Waals surface area contributed by atoms with Crippen molar-refractivity contribution < 1.29 is 19.1 Å². The van der Waals surface area contributed by atoms with Gasteiger partial charge in [-0.15, -0.1) is 0 Å². The van der Waals surface area contributed by atoms with E-state index in [1.807, 2.05) is 48.2 Å². The second-order valence-electron chi connectivity index (χ2n) is 8.31. The summed E-state index contributed by atoms with van der Waals surface area (Å²) in [5.41, 5.74) is 2.51. The van der Waals surface area contributed by atoms with Crippen molar-refractivity contribution in [1.29, 1.82) is 0 Å². The van der Waals surface area contributed by atoms with Crippen LogP contribution in [0.1, 0.15) is 24.8 Å². The molecule has 0 spiro atoms. The van der Waals surface area contributed by atoms with Crippen LogP contribution in [-0.4, -0.2) is 43.6 Å². The number of ether oxygens (including phenoxy) is 2. The molecule has 2 aromatic carbocycles. The average molecular weight is 424 g/mol. The monoisotopic (exact) mass is 423 g/mol. The number of carbonyl (C=O) groups is 2. The molecule has 7 heteroatoms. The van der Waals surface area contributed by atoms with Crippen LogP contribution in [-0.2, 0) is 4.79 Å². The molecule has 7 nitrogen and oxygen atoms in total. The van der Waals surface area contributed by atoms with Gasteiger partial charge < -0.3 is 25.0 Å². The van der Waals surface area contributed by atoms with Crippen LogP contribution in [0.25, 0.3) is 0 Å². The first kappa shape index (κ1) is 21.0. The summed E-state index contributed by atoms with van der Waals surface area (Å²) in [6, 6.07) is 13.0. The summed E-state index contributed by atoms with van der Waals surface area (Å²) in [4.78, 5) is 27.4. The predicted molar refractivity (Wildman–Crippen MR) is 120 cm³/mol. The van der Waals surface area contributed by atoms with E-state index in [2.05, 4.69) is 10.6 Å². The van der Waals surface area contributed by atoms with Gasteiger partial charge in [0.2, 0.25) is 5.91 Å². The third kappa shape index (κ3) is 5.10. The third-order valence-electron chi connectivity index (χ3n) is 6.10. The number of methoxy groups -OCH3 is 1. The Kier molecular flexibility index (Phi) is 6.30. The number of likely N-dealkylation sites (tertiary alicyclic amines) is 1. The van der Waals surface area contributed by atoms with Gasteiger partial charge in [0.25, 0.3) is 0 Å². The third-order valence-corrected chi connectivity index (χ3v) is 6.10. The van der Waals surface area contributed by atoms with Gasteiger partial charge in [-0.05, 0) is 61.4 Å². The first-order chi connectivity index (χ1) is 15.0. The lowest BCUT2D eigenvalue weighted by Crippen LogP contribution is -2.46. The van der Waals surface area contributed by atoms with Crippen molar-refractivity contribution in [2.45, 2.75) is 26.2 Å². The number of piperidine rings is 1. The molecular weight excluding hydrogens is 394 g/mol. The molecule has 2 heterocycles. The van der Waals surface area contributed by atoms with Gasteiger partial charge in [0.05, 0.1) is 19.4 Å². The number of aryl methyl sites for hydroxylation is 1. The van der Waals surface area contributed by atoms with E-state index in [-0.39, 0.29) is 23.8 Å². The highest BCUT2D eigenvalue weighted by atomic mass is 16.5. The van der Waals surface area contributed by atoms with Crippen LogP contribution in [0.5, 0.6) is 11.5 Å². The summed E-state index contributed by atoms with van der Waals surface area (Å²) >= 11 is 0. The Morgan fingerprint density at radius 3 is 2.90 bits per heavy atom. The van der Waals surface area contributed by atoms with Gasteiger partial charge in [-0.1, -0.05) is 12.1 Å². The summed E-state index contributed by atoms with van der Waals surface area (Å²) < 4.78 is 11.2. The maximum atomic E-state index is 12.8. The number of urea groups is 1. The maximum Gasteiger partial charge on any atom is 0.321 e. The smallest absolute Gasteiger partial charge is 0.321 e. The second kappa shape index (κ2) is 9.29. The van der Waals surface area contributed by atoms with E-state index in [0.717, 1.165) is 24.1 Å². The van der Waals surface area contributed by atoms with Crippen molar-refractivity contribution in [2.75, 3.05) is 37.4 Å². The molecule has 31 heavy (non-hydrogen) atoms. The van der Waals surface area contributed by atoms with E-state index >= 15 is 0 Å². The van der Waals surface area contributed by atoms with Crippen molar-refractivity contribution >= 4 is 23.3 Å². The fraction of sp³-hybridized carbons (Fsp3) is 0.417. The lowest BCUT2D eigenvalue weighted by molar-refractivity contribution is -0.118. The van der Waals surface area contributed by atoms with E-state index in [4.69, 9.17) is 9.47 Å². The minimum atomic E-state index is -0.130. The Bertz CT molecular complexity index is 962. The first-order valence-electron chi connectivity index (χ1n) is 10.7. The molecule has 0 radical (unpaired) electrons. The van der Waals surface area contributed by atoms with E-state index in [0.29, 0.717) is 43.3 Å². The number of nitrogens with zero attached hydrogens (tertiary/aromatic N) is 1. The molecule has 2 aromatic rings. The van der Waals surface area contributed by atoms with Gasteiger partial charge in [-0.25, -0.2) is 4.79 Å². The maximum absolute atomic E-state index is 12.8. The van der Waals surface area contributed by atoms with E-state index in [1.54, 1.807) is 13.2 Å². The normalized spacial score (nSPS) is 21.1. The molecule has 0 aliphatic carbocycles. The van der Waals surface area contributed by atoms with Crippen LogP contribution in [0, 0.1) is 18.8 Å². The van der Waals surface area contributed by atoms with Gasteiger partial charge >= 0.3 is 6.03 Å². The standard InChI is InChI=1S/C24H29N3O4/c1-16-6-7-22-21(12-16)26-23(28)13-17-8-10-27(15-18(17)9-11-31-22)24(29)25-19-4-3-5-20(14-19)30-2/h3-7,12,14,17-18H,8-11,13,15H2,1-2H3,(H,25,29)(H,26,28)/t17-,18-/m0/s1. The van der Waals surface area contributed by atoms with Gasteiger partial charge in [0.15, 0.2) is 0 Å². The van der Waals surface area contributed by atoms with E-state index in [1.165, 1.54) is 0 Å². The molecule has 0 saturated carbocycles. The summed E-state index contributed by atoms with van der Waals surface area (Å²) in [5, 5.41) is 5.97. The molecule has 2 N–H and O–H groups in total. The summed E-state index contributed by atoms with van der Waals surface area (Å²) in [6.45, 7) is 3.78. The number of amides is 3. The number of hydrogen-bond donors (Lipinski definition) is 2. The molecule has 4 rings (SSSR count). The fourth-order valence-electron chi connectivity index (χ4n) is 4.39. The van der Waals surface area contributed by atoms with Gasteiger partial charge in [-0.2, -0.15) is 0 Å². The lowest BCUT2D eigenvalue weighted by Gasteiger charge is -2.39. The summed E-state index contributed by atoms with van der Waals surface area (Å²) in [5.74, 6) is 1.84. The number of anilines is 2. The molecule has 2 aliphatic rings. The van der Waals surface area contributed by atoms with Crippen molar-refractivity contribution in [3.05, 3.63) is 48.0 Å². The van der Waals surface area contributed by atoms with E-state index in [9.17, 15) is 9.59 Å². The van der Waals surface area contributed by atoms with Crippen LogP contribution in [0.3, 0.4) is 0 Å². The average Bonchev–Trinajstić information content (AvgIpc) is 2.76. The molecule has 0 aromatic heterocycles. The molecule has 1 fully saturated rings. The number of hydrogen-bond acceptors (Lipinski definition) is 4. The molecule has 2 aliphatic heterocycles. The zero-order valence-electron chi connectivity index (χ0n) is 18.0. The number of fused-ring (bicyclic) bond motifs is 2. The highest BCUT2D eigenvalue weighted by Crippen LogP contribution is 2.33. The van der Waals surface area contributed by atoms with Gasteiger partial charge in [0.1, 0.15) is 11.5 Å². The largest absolute Gasteiger partial charge is 0.497 e. The fourth-order valence-corrected chi connectivity index (χ4v) is 4.39. The molecule has 1 saturated heterocycles. The minimum absolute atomic E-state index is 0.00151. The SMILES string of the molecule is COc1cccc(NC(=O)N2CC[C@H]3CC(=O)Nc4cc(C)ccc4OCC[C@H]3C2)c1. The van der Waals surface area contributed by atoms with Crippen LogP contribution >= 0.6 is 0 Å². The molecule has 0 unspecified atom stereocenters. The molecule has 0 bridgehead atoms. The Morgan fingerprint density at radius 1 is 1.19 bits per heavy atom.